The monoisotopic (exact) mass is 213 g/mol. The van der Waals surface area contributed by atoms with Crippen molar-refractivity contribution in [3.05, 3.63) is 0 Å². The molecule has 0 aliphatic carbocycles. The highest BCUT2D eigenvalue weighted by Crippen LogP contribution is 2.15. The summed E-state index contributed by atoms with van der Waals surface area (Å²) in [5.41, 5.74) is 4.95. The molecule has 0 fully saturated rings. The van der Waals surface area contributed by atoms with Crippen LogP contribution in [0, 0.1) is 0 Å². The van der Waals surface area contributed by atoms with Crippen LogP contribution in [-0.2, 0) is 4.79 Å². The molecule has 0 aromatic heterocycles. The summed E-state index contributed by atoms with van der Waals surface area (Å²) >= 11 is 0. The van der Waals surface area contributed by atoms with E-state index in [0.29, 0.717) is 0 Å². The van der Waals surface area contributed by atoms with Gasteiger partial charge in [-0.3, -0.25) is 9.69 Å². The molecule has 1 amide bonds. The van der Waals surface area contributed by atoms with E-state index in [2.05, 4.69) is 5.32 Å². The Morgan fingerprint density at radius 2 is 2.07 bits per heavy atom. The Morgan fingerprint density at radius 3 is 2.36 bits per heavy atom. The molecule has 0 spiro atoms. The number of hydrogen-bond acceptors (Lipinski definition) is 3. The van der Waals surface area contributed by atoms with E-state index in [-0.39, 0.29) is 6.54 Å². The largest absolute Gasteiger partial charge is 0.401 e. The maximum Gasteiger partial charge on any atom is 0.401 e. The number of nitrogens with one attached hydrogen (secondary N) is 1. The average molecular weight is 213 g/mol. The Hall–Kier alpha value is -0.820. The third-order valence-corrected chi connectivity index (χ3v) is 1.64. The van der Waals surface area contributed by atoms with E-state index < -0.39 is 24.7 Å². The molecule has 1 unspecified atom stereocenters. The fourth-order valence-corrected chi connectivity index (χ4v) is 1.01. The topological polar surface area (TPSA) is 58.4 Å². The number of halogens is 3. The van der Waals surface area contributed by atoms with E-state index in [4.69, 9.17) is 5.73 Å². The van der Waals surface area contributed by atoms with Gasteiger partial charge >= 0.3 is 6.18 Å². The van der Waals surface area contributed by atoms with Gasteiger partial charge in [0.05, 0.1) is 12.6 Å². The lowest BCUT2D eigenvalue weighted by Gasteiger charge is -2.22. The van der Waals surface area contributed by atoms with Gasteiger partial charge in [-0.15, -0.1) is 0 Å². The van der Waals surface area contributed by atoms with Gasteiger partial charge in [-0.2, -0.15) is 13.2 Å². The first-order chi connectivity index (χ1) is 6.26. The smallest absolute Gasteiger partial charge is 0.368 e. The molecule has 1 atom stereocenters. The summed E-state index contributed by atoms with van der Waals surface area (Å²) in [6.45, 7) is -1.12. The van der Waals surface area contributed by atoms with Crippen LogP contribution < -0.4 is 11.1 Å². The van der Waals surface area contributed by atoms with Crippen LogP contribution in [-0.4, -0.2) is 50.2 Å². The van der Waals surface area contributed by atoms with Crippen molar-refractivity contribution in [2.75, 3.05) is 27.2 Å². The molecule has 0 saturated heterocycles. The molecule has 0 aliphatic rings. The average Bonchev–Trinajstić information content (AvgIpc) is 1.96. The normalized spacial score (nSPS) is 14.4. The number of nitrogens with two attached hydrogens (primary N) is 1. The van der Waals surface area contributed by atoms with E-state index in [1.165, 1.54) is 14.1 Å². The molecule has 0 rings (SSSR count). The first-order valence-corrected chi connectivity index (χ1v) is 3.98. The predicted octanol–water partition coefficient (Wildman–Crippen LogP) is -0.446. The Morgan fingerprint density at radius 1 is 1.57 bits per heavy atom. The van der Waals surface area contributed by atoms with Crippen molar-refractivity contribution in [3.8, 4) is 0 Å². The zero-order valence-corrected chi connectivity index (χ0v) is 8.06. The van der Waals surface area contributed by atoms with Crippen LogP contribution >= 0.6 is 0 Å². The maximum atomic E-state index is 11.9. The number of nitrogens with zero attached hydrogens (tertiary/aromatic N) is 1. The molecule has 0 saturated carbocycles. The highest BCUT2D eigenvalue weighted by atomic mass is 19.4. The van der Waals surface area contributed by atoms with Crippen molar-refractivity contribution in [2.45, 2.75) is 12.2 Å². The third-order valence-electron chi connectivity index (χ3n) is 1.64. The number of hydrogen-bond donors (Lipinski definition) is 2. The summed E-state index contributed by atoms with van der Waals surface area (Å²) < 4.78 is 35.6. The van der Waals surface area contributed by atoms with Crippen LogP contribution in [0.1, 0.15) is 0 Å². The number of alkyl halides is 3. The summed E-state index contributed by atoms with van der Waals surface area (Å²) in [5, 5.41) is 2.53. The van der Waals surface area contributed by atoms with Crippen LogP contribution in [0.5, 0.6) is 0 Å². The Labute approximate surface area is 80.2 Å². The van der Waals surface area contributed by atoms with Gasteiger partial charge in [0.1, 0.15) is 0 Å². The van der Waals surface area contributed by atoms with Gasteiger partial charge in [0.2, 0.25) is 5.91 Å². The molecule has 0 bridgehead atoms. The lowest BCUT2D eigenvalue weighted by molar-refractivity contribution is -0.144. The van der Waals surface area contributed by atoms with Crippen molar-refractivity contribution in [1.29, 1.82) is 0 Å². The highest BCUT2D eigenvalue weighted by molar-refractivity contribution is 5.80. The number of likely N-dealkylation sites (N-methyl/N-ethyl adjacent to an activating group) is 2. The molecule has 0 radical (unpaired) electrons. The number of rotatable bonds is 5. The molecular formula is C7H14F3N3O. The summed E-state index contributed by atoms with van der Waals surface area (Å²) in [4.78, 5) is 11.7. The molecule has 0 heterocycles. The zero-order chi connectivity index (χ0) is 11.4. The van der Waals surface area contributed by atoms with Gasteiger partial charge in [0.25, 0.3) is 0 Å². The van der Waals surface area contributed by atoms with Gasteiger partial charge in [0, 0.05) is 6.54 Å². The first kappa shape index (κ1) is 13.2. The van der Waals surface area contributed by atoms with Gasteiger partial charge < -0.3 is 11.1 Å². The molecule has 3 N–H and O–H groups in total. The number of primary amides is 1. The predicted molar refractivity (Wildman–Crippen MR) is 45.6 cm³/mol. The van der Waals surface area contributed by atoms with Crippen LogP contribution in [0.2, 0.25) is 0 Å². The fourth-order valence-electron chi connectivity index (χ4n) is 1.01. The highest BCUT2D eigenvalue weighted by Gasteiger charge is 2.30. The van der Waals surface area contributed by atoms with E-state index in [9.17, 15) is 18.0 Å². The van der Waals surface area contributed by atoms with Crippen molar-refractivity contribution in [2.24, 2.45) is 5.73 Å². The SMILES string of the molecule is CNC(CN(C)CC(F)(F)F)C(N)=O. The van der Waals surface area contributed by atoms with Crippen molar-refractivity contribution in [1.82, 2.24) is 10.2 Å². The second-order valence-electron chi connectivity index (χ2n) is 3.06. The minimum atomic E-state index is -4.26. The van der Waals surface area contributed by atoms with Crippen molar-refractivity contribution >= 4 is 5.91 Å². The number of carbonyl (C=O) groups is 1. The van der Waals surface area contributed by atoms with Gasteiger partial charge in [-0.05, 0) is 14.1 Å². The second-order valence-corrected chi connectivity index (χ2v) is 3.06. The summed E-state index contributed by atoms with van der Waals surface area (Å²) in [7, 11) is 2.75. The molecule has 0 aromatic rings. The molecule has 84 valence electrons. The Bertz CT molecular complexity index is 195. The van der Waals surface area contributed by atoms with E-state index in [1.807, 2.05) is 0 Å². The molecule has 7 heteroatoms. The maximum absolute atomic E-state index is 11.9. The minimum Gasteiger partial charge on any atom is -0.368 e. The van der Waals surface area contributed by atoms with E-state index in [1.54, 1.807) is 0 Å². The van der Waals surface area contributed by atoms with Crippen molar-refractivity contribution in [3.63, 3.8) is 0 Å². The lowest BCUT2D eigenvalue weighted by Crippen LogP contribution is -2.48. The first-order valence-electron chi connectivity index (χ1n) is 3.98. The molecular weight excluding hydrogens is 199 g/mol. The summed E-state index contributed by atoms with van der Waals surface area (Å²) in [5.74, 6) is -0.665. The van der Waals surface area contributed by atoms with Crippen LogP contribution in [0.4, 0.5) is 13.2 Å². The van der Waals surface area contributed by atoms with Crippen LogP contribution in [0.3, 0.4) is 0 Å². The van der Waals surface area contributed by atoms with Gasteiger partial charge in [-0.25, -0.2) is 0 Å². The fraction of sp³-hybridized carbons (Fsp3) is 0.857. The van der Waals surface area contributed by atoms with Crippen LogP contribution in [0.25, 0.3) is 0 Å². The van der Waals surface area contributed by atoms with Gasteiger partial charge in [-0.1, -0.05) is 0 Å². The number of amides is 1. The second kappa shape index (κ2) is 5.16. The lowest BCUT2D eigenvalue weighted by atomic mass is 10.2. The third kappa shape index (κ3) is 5.76. The molecule has 0 aliphatic heterocycles. The summed E-state index contributed by atoms with van der Waals surface area (Å²) in [6.07, 6.45) is -4.26. The molecule has 0 aromatic carbocycles. The van der Waals surface area contributed by atoms with Gasteiger partial charge in [0.15, 0.2) is 0 Å². The van der Waals surface area contributed by atoms with E-state index >= 15 is 0 Å². The quantitative estimate of drug-likeness (QED) is 0.650. The number of carbonyl (C=O) groups excluding carboxylic acids is 1. The minimum absolute atomic E-state index is 0.0641. The molecule has 14 heavy (non-hydrogen) atoms. The Balaban J connectivity index is 4.03. The van der Waals surface area contributed by atoms with E-state index in [0.717, 1.165) is 4.90 Å². The molecule has 4 nitrogen and oxygen atoms in total. The zero-order valence-electron chi connectivity index (χ0n) is 8.06. The summed E-state index contributed by atoms with van der Waals surface area (Å²) in [6, 6.07) is -0.762. The Kier molecular flexibility index (Phi) is 4.86. The van der Waals surface area contributed by atoms with Crippen molar-refractivity contribution < 1.29 is 18.0 Å². The standard InChI is InChI=1S/C7H14F3N3O/c1-12-5(6(11)14)3-13(2)4-7(8,9)10/h5,12H,3-4H2,1-2H3,(H2,11,14). The van der Waals surface area contributed by atoms with Crippen LogP contribution in [0.15, 0.2) is 0 Å².